The maximum absolute atomic E-state index is 13.1. The van der Waals surface area contributed by atoms with Crippen molar-refractivity contribution in [1.29, 1.82) is 0 Å². The highest BCUT2D eigenvalue weighted by molar-refractivity contribution is 5.95. The van der Waals surface area contributed by atoms with Crippen molar-refractivity contribution in [2.75, 3.05) is 7.11 Å². The van der Waals surface area contributed by atoms with Crippen LogP contribution in [0.4, 0.5) is 0 Å². The Morgan fingerprint density at radius 3 is 2.52 bits per heavy atom. The Morgan fingerprint density at radius 2 is 1.85 bits per heavy atom. The molecule has 1 amide bonds. The van der Waals surface area contributed by atoms with Crippen molar-refractivity contribution >= 4 is 5.91 Å². The number of carbonyl (C=O) groups excluding carboxylic acids is 1. The van der Waals surface area contributed by atoms with E-state index in [9.17, 15) is 4.79 Å². The zero-order chi connectivity index (χ0) is 19.4. The minimum Gasteiger partial charge on any atom is -0.497 e. The molecule has 0 unspecified atom stereocenters. The Kier molecular flexibility index (Phi) is 5.26. The fourth-order valence-electron chi connectivity index (χ4n) is 2.68. The highest BCUT2D eigenvalue weighted by Crippen LogP contribution is 2.23. The van der Waals surface area contributed by atoms with Gasteiger partial charge in [-0.3, -0.25) is 4.79 Å². The number of ether oxygens (including phenoxy) is 1. The van der Waals surface area contributed by atoms with Gasteiger partial charge >= 0.3 is 0 Å². The van der Waals surface area contributed by atoms with Crippen LogP contribution in [-0.2, 0) is 6.54 Å². The van der Waals surface area contributed by atoms with Crippen molar-refractivity contribution in [2.45, 2.75) is 32.9 Å². The molecule has 0 aliphatic rings. The van der Waals surface area contributed by atoms with Gasteiger partial charge in [0.05, 0.1) is 7.11 Å². The number of hydrogen-bond acceptors (Lipinski definition) is 5. The fourth-order valence-corrected chi connectivity index (χ4v) is 2.68. The van der Waals surface area contributed by atoms with Crippen LogP contribution in [0.1, 0.15) is 37.0 Å². The number of carbonyl (C=O) groups is 1. The van der Waals surface area contributed by atoms with Crippen LogP contribution in [0, 0.1) is 0 Å². The number of aromatic nitrogens is 2. The number of nitrogens with zero attached hydrogens (tertiary/aromatic N) is 3. The summed E-state index contributed by atoms with van der Waals surface area (Å²) in [6, 6.07) is 16.7. The Hall–Kier alpha value is -3.15. The summed E-state index contributed by atoms with van der Waals surface area (Å²) in [6.45, 7) is 6.14. The summed E-state index contributed by atoms with van der Waals surface area (Å²) < 4.78 is 10.6. The molecule has 0 radical (unpaired) electrons. The first-order chi connectivity index (χ1) is 12.9. The molecule has 0 atom stereocenters. The van der Waals surface area contributed by atoms with E-state index in [0.29, 0.717) is 23.0 Å². The van der Waals surface area contributed by atoms with Gasteiger partial charge in [-0.25, -0.2) is 0 Å². The molecule has 27 heavy (non-hydrogen) atoms. The quantitative estimate of drug-likeness (QED) is 0.678. The summed E-state index contributed by atoms with van der Waals surface area (Å²) in [4.78, 5) is 19.3. The van der Waals surface area contributed by atoms with Crippen molar-refractivity contribution in [1.82, 2.24) is 15.0 Å². The van der Waals surface area contributed by atoms with E-state index in [1.807, 2.05) is 57.2 Å². The van der Waals surface area contributed by atoms with Gasteiger partial charge in [0.1, 0.15) is 12.3 Å². The standard InChI is InChI=1S/C21H23N3O3/c1-21(2,3)24(20(25)16-11-8-12-17(13-16)26-4)14-18-22-19(23-27-18)15-9-6-5-7-10-15/h5-13H,14H2,1-4H3. The third kappa shape index (κ3) is 4.34. The normalized spacial score (nSPS) is 11.3. The molecule has 0 spiro atoms. The Bertz CT molecular complexity index is 914. The Morgan fingerprint density at radius 1 is 1.11 bits per heavy atom. The molecule has 2 aromatic carbocycles. The molecule has 6 heteroatoms. The molecule has 6 nitrogen and oxygen atoms in total. The van der Waals surface area contributed by atoms with Crippen LogP contribution in [0.15, 0.2) is 59.1 Å². The molecule has 0 saturated carbocycles. The largest absolute Gasteiger partial charge is 0.497 e. The second-order valence-corrected chi connectivity index (χ2v) is 7.17. The van der Waals surface area contributed by atoms with Crippen LogP contribution in [0.2, 0.25) is 0 Å². The summed E-state index contributed by atoms with van der Waals surface area (Å²) in [5.41, 5.74) is 0.989. The van der Waals surface area contributed by atoms with Crippen molar-refractivity contribution < 1.29 is 14.1 Å². The number of rotatable bonds is 5. The molecule has 0 aliphatic carbocycles. The predicted octanol–water partition coefficient (Wildman–Crippen LogP) is 4.19. The molecule has 3 rings (SSSR count). The minimum absolute atomic E-state index is 0.124. The first kappa shape index (κ1) is 18.6. The lowest BCUT2D eigenvalue weighted by Crippen LogP contribution is -2.45. The third-order valence-corrected chi connectivity index (χ3v) is 4.17. The van der Waals surface area contributed by atoms with Gasteiger partial charge in [-0.1, -0.05) is 41.6 Å². The molecule has 3 aromatic rings. The van der Waals surface area contributed by atoms with E-state index in [4.69, 9.17) is 9.26 Å². The lowest BCUT2D eigenvalue weighted by atomic mass is 10.0. The SMILES string of the molecule is COc1cccc(C(=O)N(Cc2nc(-c3ccccc3)no2)C(C)(C)C)c1. The minimum atomic E-state index is -0.429. The number of amides is 1. The monoisotopic (exact) mass is 365 g/mol. The molecule has 0 N–H and O–H groups in total. The van der Waals surface area contributed by atoms with E-state index in [1.54, 1.807) is 30.2 Å². The average molecular weight is 365 g/mol. The van der Waals surface area contributed by atoms with Gasteiger partial charge in [-0.15, -0.1) is 0 Å². The second kappa shape index (κ2) is 7.61. The highest BCUT2D eigenvalue weighted by atomic mass is 16.5. The van der Waals surface area contributed by atoms with E-state index in [-0.39, 0.29) is 12.5 Å². The smallest absolute Gasteiger partial charge is 0.254 e. The summed E-state index contributed by atoms with van der Waals surface area (Å²) >= 11 is 0. The van der Waals surface area contributed by atoms with E-state index < -0.39 is 5.54 Å². The van der Waals surface area contributed by atoms with Gasteiger partial charge in [0.25, 0.3) is 5.91 Å². The number of hydrogen-bond donors (Lipinski definition) is 0. The van der Waals surface area contributed by atoms with Crippen molar-refractivity contribution in [3.8, 4) is 17.1 Å². The Balaban J connectivity index is 1.86. The highest BCUT2D eigenvalue weighted by Gasteiger charge is 2.29. The average Bonchev–Trinajstić information content (AvgIpc) is 3.14. The van der Waals surface area contributed by atoms with Gasteiger partial charge < -0.3 is 14.2 Å². The predicted molar refractivity (Wildman–Crippen MR) is 102 cm³/mol. The first-order valence-corrected chi connectivity index (χ1v) is 8.72. The van der Waals surface area contributed by atoms with Crippen LogP contribution >= 0.6 is 0 Å². The topological polar surface area (TPSA) is 68.5 Å². The second-order valence-electron chi connectivity index (χ2n) is 7.17. The van der Waals surface area contributed by atoms with E-state index in [1.165, 1.54) is 0 Å². The van der Waals surface area contributed by atoms with E-state index in [0.717, 1.165) is 5.56 Å². The van der Waals surface area contributed by atoms with Crippen molar-refractivity contribution in [3.05, 3.63) is 66.1 Å². The van der Waals surface area contributed by atoms with Gasteiger partial charge in [0, 0.05) is 16.7 Å². The van der Waals surface area contributed by atoms with Crippen LogP contribution in [0.5, 0.6) is 5.75 Å². The van der Waals surface area contributed by atoms with Gasteiger partial charge in [0.2, 0.25) is 11.7 Å². The van der Waals surface area contributed by atoms with Crippen molar-refractivity contribution in [3.63, 3.8) is 0 Å². The summed E-state index contributed by atoms with van der Waals surface area (Å²) in [6.07, 6.45) is 0. The van der Waals surface area contributed by atoms with Gasteiger partial charge in [0.15, 0.2) is 0 Å². The lowest BCUT2D eigenvalue weighted by Gasteiger charge is -2.34. The zero-order valence-electron chi connectivity index (χ0n) is 16.0. The molecule has 1 aromatic heterocycles. The van der Waals surface area contributed by atoms with Crippen LogP contribution < -0.4 is 4.74 Å². The zero-order valence-corrected chi connectivity index (χ0v) is 16.0. The van der Waals surface area contributed by atoms with Crippen LogP contribution in [0.25, 0.3) is 11.4 Å². The molecule has 140 valence electrons. The fraction of sp³-hybridized carbons (Fsp3) is 0.286. The third-order valence-electron chi connectivity index (χ3n) is 4.17. The summed E-state index contributed by atoms with van der Waals surface area (Å²) in [5, 5.41) is 4.04. The van der Waals surface area contributed by atoms with Gasteiger partial charge in [-0.05, 0) is 39.0 Å². The molecular weight excluding hydrogens is 342 g/mol. The molecular formula is C21H23N3O3. The maximum atomic E-state index is 13.1. The summed E-state index contributed by atoms with van der Waals surface area (Å²) in [7, 11) is 1.58. The Labute approximate surface area is 158 Å². The molecule has 0 aliphatic heterocycles. The summed E-state index contributed by atoms with van der Waals surface area (Å²) in [5.74, 6) is 1.41. The molecule has 0 saturated heterocycles. The first-order valence-electron chi connectivity index (χ1n) is 8.72. The maximum Gasteiger partial charge on any atom is 0.254 e. The molecule has 1 heterocycles. The van der Waals surface area contributed by atoms with Crippen LogP contribution in [-0.4, -0.2) is 33.6 Å². The number of methoxy groups -OCH3 is 1. The van der Waals surface area contributed by atoms with Crippen molar-refractivity contribution in [2.24, 2.45) is 0 Å². The molecule has 0 fully saturated rings. The molecule has 0 bridgehead atoms. The van der Waals surface area contributed by atoms with E-state index in [2.05, 4.69) is 10.1 Å². The number of benzene rings is 2. The van der Waals surface area contributed by atoms with Crippen LogP contribution in [0.3, 0.4) is 0 Å². The van der Waals surface area contributed by atoms with Gasteiger partial charge in [-0.2, -0.15) is 4.98 Å². The lowest BCUT2D eigenvalue weighted by molar-refractivity contribution is 0.0526. The van der Waals surface area contributed by atoms with E-state index >= 15 is 0 Å².